The number of hydrogen-bond acceptors (Lipinski definition) is 3. The normalized spacial score (nSPS) is 12.2. The Balaban J connectivity index is 1.82. The van der Waals surface area contributed by atoms with Crippen LogP contribution in [0.15, 0.2) is 59.4 Å². The number of hydrogen-bond donors (Lipinski definition) is 2. The molecule has 1 heterocycles. The fourth-order valence-electron chi connectivity index (χ4n) is 3.36. The van der Waals surface area contributed by atoms with Crippen molar-refractivity contribution in [3.05, 3.63) is 81.6 Å². The van der Waals surface area contributed by atoms with Crippen LogP contribution in [0.4, 0.5) is 0 Å². The number of fused-ring (bicyclic) bond motifs is 1. The van der Waals surface area contributed by atoms with Crippen LogP contribution < -0.4 is 10.9 Å². The second-order valence-corrected chi connectivity index (χ2v) is 8.41. The average Bonchev–Trinajstić information content (AvgIpc) is 2.71. The lowest BCUT2D eigenvalue weighted by Crippen LogP contribution is -2.44. The van der Waals surface area contributed by atoms with Gasteiger partial charge in [0.25, 0.3) is 5.56 Å². The molecule has 1 unspecified atom stereocenters. The van der Waals surface area contributed by atoms with Gasteiger partial charge >= 0.3 is 0 Å². The maximum Gasteiger partial charge on any atom is 0.253 e. The first-order valence-electron chi connectivity index (χ1n) is 10.2. The first-order chi connectivity index (χ1) is 14.3. The van der Waals surface area contributed by atoms with Gasteiger partial charge in [-0.05, 0) is 68.8 Å². The zero-order chi connectivity index (χ0) is 21.7. The molecule has 0 amide bonds. The van der Waals surface area contributed by atoms with Gasteiger partial charge in [0.15, 0.2) is 5.11 Å². The Bertz CT molecular complexity index is 1060. The molecule has 0 fully saturated rings. The molecule has 5 nitrogen and oxygen atoms in total. The minimum absolute atomic E-state index is 0.0677. The molecular formula is C24H30N4OS. The van der Waals surface area contributed by atoms with E-state index in [2.05, 4.69) is 45.2 Å². The van der Waals surface area contributed by atoms with E-state index in [9.17, 15) is 4.79 Å². The van der Waals surface area contributed by atoms with Gasteiger partial charge < -0.3 is 20.1 Å². The van der Waals surface area contributed by atoms with Crippen LogP contribution in [0.5, 0.6) is 0 Å². The molecule has 0 saturated carbocycles. The molecule has 0 aliphatic rings. The Labute approximate surface area is 183 Å². The van der Waals surface area contributed by atoms with Crippen molar-refractivity contribution in [1.82, 2.24) is 20.1 Å². The largest absolute Gasteiger partial charge is 0.356 e. The number of pyridine rings is 1. The summed E-state index contributed by atoms with van der Waals surface area (Å²) < 4.78 is 0. The molecule has 3 aromatic rings. The highest BCUT2D eigenvalue weighted by Crippen LogP contribution is 2.15. The zero-order valence-corrected chi connectivity index (χ0v) is 18.9. The van der Waals surface area contributed by atoms with E-state index in [-0.39, 0.29) is 11.6 Å². The second-order valence-electron chi connectivity index (χ2n) is 8.02. The van der Waals surface area contributed by atoms with Crippen molar-refractivity contribution >= 4 is 28.2 Å². The molecule has 30 heavy (non-hydrogen) atoms. The number of aromatic amines is 1. The van der Waals surface area contributed by atoms with E-state index in [1.54, 1.807) is 0 Å². The third-order valence-corrected chi connectivity index (χ3v) is 5.56. The summed E-state index contributed by atoms with van der Waals surface area (Å²) in [5.41, 5.74) is 3.80. The molecule has 0 aliphatic heterocycles. The lowest BCUT2D eigenvalue weighted by atomic mass is 10.1. The Morgan fingerprint density at radius 2 is 1.83 bits per heavy atom. The fraction of sp³-hybridized carbons (Fsp3) is 0.333. The molecule has 0 spiro atoms. The summed E-state index contributed by atoms with van der Waals surface area (Å²) in [6.07, 6.45) is 0. The van der Waals surface area contributed by atoms with Crippen LogP contribution >= 0.6 is 12.2 Å². The monoisotopic (exact) mass is 422 g/mol. The van der Waals surface area contributed by atoms with Gasteiger partial charge in [0.1, 0.15) is 0 Å². The van der Waals surface area contributed by atoms with E-state index < -0.39 is 0 Å². The fourth-order valence-corrected chi connectivity index (χ4v) is 3.69. The minimum atomic E-state index is -0.0677. The third-order valence-electron chi connectivity index (χ3n) is 5.18. The Kier molecular flexibility index (Phi) is 7.24. The third kappa shape index (κ3) is 5.68. The van der Waals surface area contributed by atoms with Gasteiger partial charge in [0.05, 0.1) is 12.6 Å². The van der Waals surface area contributed by atoms with E-state index in [0.717, 1.165) is 29.6 Å². The number of H-pyrrole nitrogens is 1. The average molecular weight is 423 g/mol. The van der Waals surface area contributed by atoms with Crippen molar-refractivity contribution in [2.45, 2.75) is 26.4 Å². The minimum Gasteiger partial charge on any atom is -0.356 e. The first kappa shape index (κ1) is 22.0. The summed E-state index contributed by atoms with van der Waals surface area (Å²) in [5, 5.41) is 5.11. The highest BCUT2D eigenvalue weighted by Gasteiger charge is 2.16. The molecule has 2 N–H and O–H groups in total. The number of benzene rings is 2. The van der Waals surface area contributed by atoms with E-state index in [1.165, 1.54) is 5.56 Å². The van der Waals surface area contributed by atoms with Crippen molar-refractivity contribution in [1.29, 1.82) is 0 Å². The predicted octanol–water partition coefficient (Wildman–Crippen LogP) is 3.84. The number of nitrogens with one attached hydrogen (secondary N) is 2. The first-order valence-corrected chi connectivity index (χ1v) is 10.6. The summed E-state index contributed by atoms with van der Waals surface area (Å²) in [4.78, 5) is 19.9. The maximum absolute atomic E-state index is 12.7. The van der Waals surface area contributed by atoms with Crippen molar-refractivity contribution in [2.75, 3.05) is 27.2 Å². The molecule has 1 atom stereocenters. The molecular weight excluding hydrogens is 392 g/mol. The molecule has 2 aromatic carbocycles. The summed E-state index contributed by atoms with van der Waals surface area (Å²) >= 11 is 5.74. The molecule has 0 bridgehead atoms. The van der Waals surface area contributed by atoms with Crippen molar-refractivity contribution in [2.24, 2.45) is 0 Å². The number of nitrogens with zero attached hydrogens (tertiary/aromatic N) is 2. The standard InChI is InChI=1S/C24H30N4OS/c1-17-10-11-20-15-21(23(29)26-22(20)14-17)16-28(13-12-27(3)4)24(30)25-18(2)19-8-6-5-7-9-19/h5-11,14-15,18H,12-13,16H2,1-4H3,(H,25,30)(H,26,29). The van der Waals surface area contributed by atoms with Crippen molar-refractivity contribution < 1.29 is 0 Å². The molecule has 6 heteroatoms. The topological polar surface area (TPSA) is 51.4 Å². The number of aromatic nitrogens is 1. The van der Waals surface area contributed by atoms with Gasteiger partial charge in [-0.3, -0.25) is 4.79 Å². The SMILES string of the molecule is Cc1ccc2cc(CN(CCN(C)C)C(=S)NC(C)c3ccccc3)c(=O)[nH]c2c1. The summed E-state index contributed by atoms with van der Waals surface area (Å²) in [7, 11) is 4.07. The highest BCUT2D eigenvalue weighted by molar-refractivity contribution is 7.80. The van der Waals surface area contributed by atoms with Gasteiger partial charge in [-0.25, -0.2) is 0 Å². The zero-order valence-electron chi connectivity index (χ0n) is 18.1. The maximum atomic E-state index is 12.7. The second kappa shape index (κ2) is 9.87. The molecule has 3 rings (SSSR count). The van der Waals surface area contributed by atoms with Crippen LogP contribution in [0.2, 0.25) is 0 Å². The van der Waals surface area contributed by atoms with Crippen molar-refractivity contribution in [3.63, 3.8) is 0 Å². The Morgan fingerprint density at radius 1 is 1.10 bits per heavy atom. The van der Waals surface area contributed by atoms with Crippen LogP contribution in [0.3, 0.4) is 0 Å². The van der Waals surface area contributed by atoms with Gasteiger partial charge in [-0.1, -0.05) is 42.5 Å². The molecule has 0 radical (unpaired) electrons. The van der Waals surface area contributed by atoms with Crippen molar-refractivity contribution in [3.8, 4) is 0 Å². The van der Waals surface area contributed by atoms with Gasteiger partial charge in [-0.15, -0.1) is 0 Å². The van der Waals surface area contributed by atoms with Crippen LogP contribution in [0.1, 0.15) is 29.7 Å². The van der Waals surface area contributed by atoms with E-state index in [1.807, 2.05) is 57.4 Å². The smallest absolute Gasteiger partial charge is 0.253 e. The lowest BCUT2D eigenvalue weighted by molar-refractivity contribution is 0.320. The van der Waals surface area contributed by atoms with E-state index in [4.69, 9.17) is 12.2 Å². The molecule has 0 saturated heterocycles. The Hall–Kier alpha value is -2.70. The highest BCUT2D eigenvalue weighted by atomic mass is 32.1. The quantitative estimate of drug-likeness (QED) is 0.567. The summed E-state index contributed by atoms with van der Waals surface area (Å²) in [6.45, 7) is 6.14. The summed E-state index contributed by atoms with van der Waals surface area (Å²) in [6, 6.07) is 18.4. The van der Waals surface area contributed by atoms with E-state index >= 15 is 0 Å². The van der Waals surface area contributed by atoms with Gasteiger partial charge in [-0.2, -0.15) is 0 Å². The number of rotatable bonds is 7. The van der Waals surface area contributed by atoms with Crippen LogP contribution in [-0.4, -0.2) is 47.1 Å². The van der Waals surface area contributed by atoms with Crippen LogP contribution in [-0.2, 0) is 6.54 Å². The number of likely N-dealkylation sites (N-methyl/N-ethyl adjacent to an activating group) is 1. The molecule has 1 aromatic heterocycles. The van der Waals surface area contributed by atoms with Gasteiger partial charge in [0.2, 0.25) is 0 Å². The van der Waals surface area contributed by atoms with Crippen LogP contribution in [0.25, 0.3) is 10.9 Å². The number of thiocarbonyl (C=S) groups is 1. The van der Waals surface area contributed by atoms with Gasteiger partial charge in [0, 0.05) is 24.2 Å². The lowest BCUT2D eigenvalue weighted by Gasteiger charge is -2.29. The molecule has 158 valence electrons. The molecule has 0 aliphatic carbocycles. The summed E-state index contributed by atoms with van der Waals surface area (Å²) in [5.74, 6) is 0. The number of aryl methyl sites for hydroxylation is 1. The predicted molar refractivity (Wildman–Crippen MR) is 129 cm³/mol. The van der Waals surface area contributed by atoms with Crippen LogP contribution in [0, 0.1) is 6.92 Å². The Morgan fingerprint density at radius 3 is 2.53 bits per heavy atom. The van der Waals surface area contributed by atoms with E-state index in [0.29, 0.717) is 17.2 Å².